The number of amides is 1. The molecule has 0 N–H and O–H groups in total. The first-order chi connectivity index (χ1) is 9.81. The Kier molecular flexibility index (Phi) is 4.25. The van der Waals surface area contributed by atoms with Crippen molar-refractivity contribution in [2.75, 3.05) is 13.7 Å². The van der Waals surface area contributed by atoms with E-state index >= 15 is 0 Å². The second-order valence-electron chi connectivity index (χ2n) is 6.07. The third-order valence-electron chi connectivity index (χ3n) is 3.27. The van der Waals surface area contributed by atoms with Crippen LogP contribution < -0.4 is 0 Å². The van der Waals surface area contributed by atoms with E-state index in [9.17, 15) is 9.59 Å². The van der Waals surface area contributed by atoms with E-state index in [1.165, 1.54) is 13.4 Å². The molecule has 0 aromatic carbocycles. The molecule has 1 aromatic rings. The lowest BCUT2D eigenvalue weighted by atomic mass is 10.1. The molecular formula is C15H21NO5. The second-order valence-corrected chi connectivity index (χ2v) is 6.07. The molecule has 0 bridgehead atoms. The van der Waals surface area contributed by atoms with Gasteiger partial charge in [-0.3, -0.25) is 0 Å². The van der Waals surface area contributed by atoms with Gasteiger partial charge in [0.25, 0.3) is 0 Å². The second kappa shape index (κ2) is 5.79. The van der Waals surface area contributed by atoms with Crippen molar-refractivity contribution in [3.05, 3.63) is 23.7 Å². The van der Waals surface area contributed by atoms with Crippen LogP contribution >= 0.6 is 0 Å². The first-order valence-electron chi connectivity index (χ1n) is 6.98. The van der Waals surface area contributed by atoms with Crippen LogP contribution in [0.25, 0.3) is 0 Å². The summed E-state index contributed by atoms with van der Waals surface area (Å²) in [5.41, 5.74) is 0.261. The summed E-state index contributed by atoms with van der Waals surface area (Å²) in [5, 5.41) is 0. The summed E-state index contributed by atoms with van der Waals surface area (Å²) in [5.74, 6) is -0.383. The zero-order valence-corrected chi connectivity index (χ0v) is 12.8. The van der Waals surface area contributed by atoms with Gasteiger partial charge in [0.1, 0.15) is 5.60 Å². The Bertz CT molecular complexity index is 528. The number of hydrogen-bond donors (Lipinski definition) is 0. The largest absolute Gasteiger partial charge is 0.463 e. The number of carbonyl (C=O) groups excluding carboxylic acids is 2. The normalized spacial score (nSPS) is 18.7. The van der Waals surface area contributed by atoms with Crippen molar-refractivity contribution >= 4 is 12.1 Å². The summed E-state index contributed by atoms with van der Waals surface area (Å²) in [7, 11) is 1.30. The molecule has 1 aliphatic heterocycles. The number of methoxy groups -OCH3 is 1. The highest BCUT2D eigenvalue weighted by Crippen LogP contribution is 2.34. The monoisotopic (exact) mass is 295 g/mol. The number of esters is 1. The summed E-state index contributed by atoms with van der Waals surface area (Å²) >= 11 is 0. The fourth-order valence-corrected chi connectivity index (χ4v) is 2.39. The van der Waals surface area contributed by atoms with Gasteiger partial charge in [0.05, 0.1) is 19.4 Å². The number of rotatable bonds is 2. The molecule has 1 saturated heterocycles. The number of ether oxygens (including phenoxy) is 2. The number of likely N-dealkylation sites (tertiary alicyclic amines) is 1. The Morgan fingerprint density at radius 3 is 2.71 bits per heavy atom. The van der Waals surface area contributed by atoms with Crippen molar-refractivity contribution in [1.29, 1.82) is 0 Å². The minimum atomic E-state index is -0.530. The third kappa shape index (κ3) is 3.56. The molecule has 0 spiro atoms. The van der Waals surface area contributed by atoms with E-state index in [4.69, 9.17) is 9.15 Å². The van der Waals surface area contributed by atoms with E-state index in [1.54, 1.807) is 11.0 Å². The van der Waals surface area contributed by atoms with E-state index in [0.717, 1.165) is 18.4 Å². The molecule has 0 radical (unpaired) electrons. The highest BCUT2D eigenvalue weighted by molar-refractivity contribution is 5.86. The standard InChI is InChI=1S/C15H21NO5/c1-15(2,3)21-14(18)16-7-5-6-11(16)10-8-12(20-9-10)13(17)19-4/h8-9,11H,5-7H2,1-4H3. The van der Waals surface area contributed by atoms with Gasteiger partial charge in [-0.05, 0) is 39.7 Å². The Hall–Kier alpha value is -1.98. The van der Waals surface area contributed by atoms with Crippen molar-refractivity contribution in [3.63, 3.8) is 0 Å². The van der Waals surface area contributed by atoms with Gasteiger partial charge in [0, 0.05) is 12.1 Å². The number of furan rings is 1. The van der Waals surface area contributed by atoms with Crippen LogP contribution in [-0.4, -0.2) is 36.2 Å². The lowest BCUT2D eigenvalue weighted by Crippen LogP contribution is -2.36. The lowest BCUT2D eigenvalue weighted by Gasteiger charge is -2.28. The van der Waals surface area contributed by atoms with Gasteiger partial charge < -0.3 is 18.8 Å². The smallest absolute Gasteiger partial charge is 0.410 e. The summed E-state index contributed by atoms with van der Waals surface area (Å²) in [4.78, 5) is 25.3. The van der Waals surface area contributed by atoms with Gasteiger partial charge in [-0.1, -0.05) is 0 Å². The molecule has 1 amide bonds. The van der Waals surface area contributed by atoms with Gasteiger partial charge >= 0.3 is 12.1 Å². The van der Waals surface area contributed by atoms with E-state index in [0.29, 0.717) is 6.54 Å². The first kappa shape index (κ1) is 15.4. The fourth-order valence-electron chi connectivity index (χ4n) is 2.39. The average molecular weight is 295 g/mol. The predicted octanol–water partition coefficient (Wildman–Crippen LogP) is 3.14. The van der Waals surface area contributed by atoms with Gasteiger partial charge in [-0.25, -0.2) is 9.59 Å². The maximum Gasteiger partial charge on any atom is 0.410 e. The molecule has 1 unspecified atom stereocenters. The van der Waals surface area contributed by atoms with Crippen LogP contribution in [0.5, 0.6) is 0 Å². The zero-order chi connectivity index (χ0) is 15.6. The number of carbonyl (C=O) groups is 2. The summed E-state index contributed by atoms with van der Waals surface area (Å²) in [6, 6.07) is 1.50. The van der Waals surface area contributed by atoms with Crippen molar-refractivity contribution in [2.45, 2.75) is 45.3 Å². The summed E-state index contributed by atoms with van der Waals surface area (Å²) in [6.07, 6.45) is 2.87. The molecular weight excluding hydrogens is 274 g/mol. The molecule has 0 saturated carbocycles. The zero-order valence-electron chi connectivity index (χ0n) is 12.8. The highest BCUT2D eigenvalue weighted by Gasteiger charge is 2.34. The lowest BCUT2D eigenvalue weighted by molar-refractivity contribution is 0.0224. The number of nitrogens with zero attached hydrogens (tertiary/aromatic N) is 1. The third-order valence-corrected chi connectivity index (χ3v) is 3.27. The molecule has 6 nitrogen and oxygen atoms in total. The molecule has 116 valence electrons. The van der Waals surface area contributed by atoms with Crippen LogP contribution in [-0.2, 0) is 9.47 Å². The Morgan fingerprint density at radius 2 is 2.10 bits per heavy atom. The summed E-state index contributed by atoms with van der Waals surface area (Å²) in [6.45, 7) is 6.15. The molecule has 0 aliphatic carbocycles. The molecule has 1 aliphatic rings. The van der Waals surface area contributed by atoms with Crippen molar-refractivity contribution in [3.8, 4) is 0 Å². The highest BCUT2D eigenvalue weighted by atomic mass is 16.6. The van der Waals surface area contributed by atoms with E-state index < -0.39 is 11.6 Å². The summed E-state index contributed by atoms with van der Waals surface area (Å²) < 4.78 is 15.2. The maximum atomic E-state index is 12.2. The first-order valence-corrected chi connectivity index (χ1v) is 6.98. The molecule has 1 fully saturated rings. The van der Waals surface area contributed by atoms with E-state index in [1.807, 2.05) is 20.8 Å². The van der Waals surface area contributed by atoms with Gasteiger partial charge in [0.2, 0.25) is 5.76 Å². The van der Waals surface area contributed by atoms with Crippen molar-refractivity contribution in [1.82, 2.24) is 4.90 Å². The maximum absolute atomic E-state index is 12.2. The molecule has 2 rings (SSSR count). The minimum Gasteiger partial charge on any atom is -0.463 e. The Labute approximate surface area is 124 Å². The van der Waals surface area contributed by atoms with Gasteiger partial charge in [0.15, 0.2) is 0 Å². The van der Waals surface area contributed by atoms with E-state index in [-0.39, 0.29) is 17.9 Å². The molecule has 1 aromatic heterocycles. The van der Waals surface area contributed by atoms with Crippen molar-refractivity contribution < 1.29 is 23.5 Å². The SMILES string of the molecule is COC(=O)c1cc(C2CCCN2C(=O)OC(C)(C)C)co1. The van der Waals surface area contributed by atoms with E-state index in [2.05, 4.69) is 4.74 Å². The van der Waals surface area contributed by atoms with Crippen LogP contribution in [0.15, 0.2) is 16.7 Å². The van der Waals surface area contributed by atoms with Crippen LogP contribution in [0, 0.1) is 0 Å². The molecule has 6 heteroatoms. The average Bonchev–Trinajstić information content (AvgIpc) is 3.03. The quantitative estimate of drug-likeness (QED) is 0.784. The Morgan fingerprint density at radius 1 is 1.38 bits per heavy atom. The predicted molar refractivity (Wildman–Crippen MR) is 75.0 cm³/mol. The van der Waals surface area contributed by atoms with Crippen molar-refractivity contribution in [2.24, 2.45) is 0 Å². The van der Waals surface area contributed by atoms with Crippen LogP contribution in [0.2, 0.25) is 0 Å². The minimum absolute atomic E-state index is 0.123. The van der Waals surface area contributed by atoms with Crippen LogP contribution in [0.3, 0.4) is 0 Å². The van der Waals surface area contributed by atoms with Gasteiger partial charge in [-0.15, -0.1) is 0 Å². The molecule has 2 heterocycles. The van der Waals surface area contributed by atoms with Crippen LogP contribution in [0.4, 0.5) is 4.79 Å². The van der Waals surface area contributed by atoms with Crippen LogP contribution in [0.1, 0.15) is 55.8 Å². The number of hydrogen-bond acceptors (Lipinski definition) is 5. The Balaban J connectivity index is 2.13. The topological polar surface area (TPSA) is 69.0 Å². The molecule has 1 atom stereocenters. The molecule has 21 heavy (non-hydrogen) atoms. The van der Waals surface area contributed by atoms with Gasteiger partial charge in [-0.2, -0.15) is 0 Å². The fraction of sp³-hybridized carbons (Fsp3) is 0.600.